The van der Waals surface area contributed by atoms with E-state index >= 15 is 0 Å². The second-order valence-electron chi connectivity index (χ2n) is 6.12. The molecule has 1 atom stereocenters. The Morgan fingerprint density at radius 3 is 2.74 bits per heavy atom. The molecule has 1 aliphatic rings. The van der Waals surface area contributed by atoms with Crippen LogP contribution in [0.4, 0.5) is 5.69 Å². The van der Waals surface area contributed by atoms with Crippen LogP contribution in [0.2, 0.25) is 0 Å². The highest BCUT2D eigenvalue weighted by molar-refractivity contribution is 5.99. The van der Waals surface area contributed by atoms with Crippen molar-refractivity contribution in [3.8, 4) is 0 Å². The fraction of sp³-hybridized carbons (Fsp3) is 0.316. The predicted octanol–water partition coefficient (Wildman–Crippen LogP) is 3.32. The van der Waals surface area contributed by atoms with Crippen molar-refractivity contribution in [3.05, 3.63) is 58.9 Å². The average molecular weight is 308 g/mol. The molecule has 4 nitrogen and oxygen atoms in total. The van der Waals surface area contributed by atoms with Crippen molar-refractivity contribution in [2.75, 3.05) is 11.9 Å². The second kappa shape index (κ2) is 6.05. The molecular weight excluding hydrogens is 284 g/mol. The quantitative estimate of drug-likeness (QED) is 0.683. The lowest BCUT2D eigenvalue weighted by atomic mass is 10.1. The molecule has 2 heterocycles. The van der Waals surface area contributed by atoms with E-state index in [-0.39, 0.29) is 6.17 Å². The lowest BCUT2D eigenvalue weighted by molar-refractivity contribution is 0.757. The van der Waals surface area contributed by atoms with Gasteiger partial charge in [0, 0.05) is 19.3 Å². The van der Waals surface area contributed by atoms with Crippen molar-refractivity contribution < 1.29 is 0 Å². The van der Waals surface area contributed by atoms with Crippen LogP contribution in [0.15, 0.2) is 41.4 Å². The number of anilines is 1. The van der Waals surface area contributed by atoms with Crippen LogP contribution in [-0.2, 0) is 6.54 Å². The zero-order chi connectivity index (χ0) is 16.6. The van der Waals surface area contributed by atoms with E-state index in [1.165, 1.54) is 22.5 Å². The van der Waals surface area contributed by atoms with E-state index in [1.807, 2.05) is 13.0 Å². The molecule has 3 rings (SSSR count). The SMILES string of the molecule is CN=C(C)N1c2cc(C)n(Cc3cccc(C)c3)c2C=CC1N. The topological polar surface area (TPSA) is 46.5 Å². The number of nitrogens with two attached hydrogens (primary N) is 1. The van der Waals surface area contributed by atoms with Gasteiger partial charge >= 0.3 is 0 Å². The molecule has 0 saturated heterocycles. The van der Waals surface area contributed by atoms with Gasteiger partial charge in [0.15, 0.2) is 0 Å². The number of aromatic nitrogens is 1. The van der Waals surface area contributed by atoms with Gasteiger partial charge in [-0.2, -0.15) is 0 Å². The van der Waals surface area contributed by atoms with E-state index in [0.29, 0.717) is 0 Å². The third kappa shape index (κ3) is 2.82. The highest BCUT2D eigenvalue weighted by atomic mass is 15.3. The highest BCUT2D eigenvalue weighted by Crippen LogP contribution is 2.32. The van der Waals surface area contributed by atoms with Crippen LogP contribution < -0.4 is 10.6 Å². The van der Waals surface area contributed by atoms with Crippen LogP contribution in [-0.4, -0.2) is 23.6 Å². The molecule has 1 aromatic carbocycles. The maximum Gasteiger partial charge on any atom is 0.103 e. The van der Waals surface area contributed by atoms with Crippen molar-refractivity contribution in [1.29, 1.82) is 0 Å². The molecule has 1 unspecified atom stereocenters. The first kappa shape index (κ1) is 15.6. The molecule has 2 aromatic rings. The fourth-order valence-corrected chi connectivity index (χ4v) is 3.18. The minimum Gasteiger partial charge on any atom is -0.339 e. The summed E-state index contributed by atoms with van der Waals surface area (Å²) in [6.45, 7) is 7.13. The van der Waals surface area contributed by atoms with Crippen molar-refractivity contribution in [2.24, 2.45) is 10.7 Å². The normalized spacial score (nSPS) is 17.5. The van der Waals surface area contributed by atoms with Gasteiger partial charge in [-0.3, -0.25) is 4.99 Å². The maximum atomic E-state index is 6.25. The number of hydrogen-bond donors (Lipinski definition) is 1. The summed E-state index contributed by atoms with van der Waals surface area (Å²) in [6.07, 6.45) is 3.99. The van der Waals surface area contributed by atoms with E-state index in [4.69, 9.17) is 5.73 Å². The summed E-state index contributed by atoms with van der Waals surface area (Å²) < 4.78 is 2.34. The van der Waals surface area contributed by atoms with Crippen molar-refractivity contribution in [3.63, 3.8) is 0 Å². The van der Waals surface area contributed by atoms with E-state index in [0.717, 1.165) is 18.1 Å². The largest absolute Gasteiger partial charge is 0.339 e. The van der Waals surface area contributed by atoms with Crippen LogP contribution in [0.1, 0.15) is 29.4 Å². The number of nitrogens with zero attached hydrogens (tertiary/aromatic N) is 3. The number of fused-ring (bicyclic) bond motifs is 1. The van der Waals surface area contributed by atoms with Crippen LogP contribution in [0.25, 0.3) is 6.08 Å². The van der Waals surface area contributed by atoms with Gasteiger partial charge in [0.1, 0.15) is 12.0 Å². The molecule has 1 aliphatic heterocycles. The third-order valence-corrected chi connectivity index (χ3v) is 4.43. The molecular formula is C19H24N4. The lowest BCUT2D eigenvalue weighted by Gasteiger charge is -2.31. The molecule has 1 aromatic heterocycles. The predicted molar refractivity (Wildman–Crippen MR) is 98.0 cm³/mol. The Kier molecular flexibility index (Phi) is 4.09. The maximum absolute atomic E-state index is 6.25. The Morgan fingerprint density at radius 1 is 1.26 bits per heavy atom. The number of aliphatic imine (C=N–C) groups is 1. The zero-order valence-electron chi connectivity index (χ0n) is 14.2. The number of rotatable bonds is 2. The Hall–Kier alpha value is -2.33. The molecule has 0 fully saturated rings. The molecule has 0 spiro atoms. The Morgan fingerprint density at radius 2 is 2.04 bits per heavy atom. The summed E-state index contributed by atoms with van der Waals surface area (Å²) >= 11 is 0. The molecule has 0 aliphatic carbocycles. The standard InChI is InChI=1S/C19H24N4/c1-13-6-5-7-16(10-13)12-22-14(2)11-18-17(22)8-9-19(20)23(18)15(3)21-4/h5-11,19H,12,20H2,1-4H3. The second-order valence-corrected chi connectivity index (χ2v) is 6.12. The molecule has 2 N–H and O–H groups in total. The van der Waals surface area contributed by atoms with E-state index in [1.54, 1.807) is 7.05 Å². The van der Waals surface area contributed by atoms with Crippen LogP contribution in [0, 0.1) is 13.8 Å². The van der Waals surface area contributed by atoms with E-state index < -0.39 is 0 Å². The first-order valence-corrected chi connectivity index (χ1v) is 7.93. The van der Waals surface area contributed by atoms with Crippen molar-refractivity contribution in [2.45, 2.75) is 33.5 Å². The number of amidine groups is 1. The number of benzene rings is 1. The van der Waals surface area contributed by atoms with Crippen LogP contribution >= 0.6 is 0 Å². The molecule has 23 heavy (non-hydrogen) atoms. The number of hydrogen-bond acceptors (Lipinski definition) is 2. The minimum atomic E-state index is -0.166. The summed E-state index contributed by atoms with van der Waals surface area (Å²) in [6, 6.07) is 10.8. The fourth-order valence-electron chi connectivity index (χ4n) is 3.18. The number of aryl methyl sites for hydroxylation is 2. The summed E-state index contributed by atoms with van der Waals surface area (Å²) in [4.78, 5) is 6.41. The van der Waals surface area contributed by atoms with Gasteiger partial charge in [0.05, 0.1) is 11.4 Å². The molecule has 0 amide bonds. The average Bonchev–Trinajstić information content (AvgIpc) is 2.82. The highest BCUT2D eigenvalue weighted by Gasteiger charge is 2.25. The summed E-state index contributed by atoms with van der Waals surface area (Å²) in [5.41, 5.74) is 12.4. The monoisotopic (exact) mass is 308 g/mol. The van der Waals surface area contributed by atoms with Gasteiger partial charge in [-0.15, -0.1) is 0 Å². The minimum absolute atomic E-state index is 0.166. The van der Waals surface area contributed by atoms with Crippen molar-refractivity contribution in [1.82, 2.24) is 4.57 Å². The van der Waals surface area contributed by atoms with Gasteiger partial charge < -0.3 is 15.2 Å². The molecule has 120 valence electrons. The Bertz CT molecular complexity index is 783. The first-order valence-electron chi connectivity index (χ1n) is 7.93. The smallest absolute Gasteiger partial charge is 0.103 e. The van der Waals surface area contributed by atoms with Gasteiger partial charge in [-0.05, 0) is 44.6 Å². The lowest BCUT2D eigenvalue weighted by Crippen LogP contribution is -2.45. The van der Waals surface area contributed by atoms with Crippen LogP contribution in [0.3, 0.4) is 0 Å². The molecule has 4 heteroatoms. The Labute approximate surface area is 137 Å². The summed E-state index contributed by atoms with van der Waals surface area (Å²) in [5.74, 6) is 0.927. The van der Waals surface area contributed by atoms with Gasteiger partial charge in [-0.25, -0.2) is 0 Å². The first-order chi connectivity index (χ1) is 11.0. The van der Waals surface area contributed by atoms with E-state index in [9.17, 15) is 0 Å². The molecule has 0 saturated carbocycles. The van der Waals surface area contributed by atoms with Gasteiger partial charge in [0.25, 0.3) is 0 Å². The van der Waals surface area contributed by atoms with Crippen molar-refractivity contribution >= 4 is 17.6 Å². The third-order valence-electron chi connectivity index (χ3n) is 4.43. The summed E-state index contributed by atoms with van der Waals surface area (Å²) in [5, 5.41) is 0. The molecule has 0 radical (unpaired) electrons. The summed E-state index contributed by atoms with van der Waals surface area (Å²) in [7, 11) is 1.80. The van der Waals surface area contributed by atoms with Gasteiger partial charge in [0.2, 0.25) is 0 Å². The van der Waals surface area contributed by atoms with Gasteiger partial charge in [-0.1, -0.05) is 29.8 Å². The molecule has 0 bridgehead atoms. The Balaban J connectivity index is 2.04. The zero-order valence-corrected chi connectivity index (χ0v) is 14.2. The van der Waals surface area contributed by atoms with E-state index in [2.05, 4.69) is 64.7 Å². The van der Waals surface area contributed by atoms with Crippen LogP contribution in [0.5, 0.6) is 0 Å².